The van der Waals surface area contributed by atoms with Crippen LogP contribution in [0.4, 0.5) is 5.69 Å². The molecule has 0 bridgehead atoms. The van der Waals surface area contributed by atoms with E-state index in [1.807, 2.05) is 0 Å². The lowest BCUT2D eigenvalue weighted by Crippen LogP contribution is -2.68. The topological polar surface area (TPSA) is 240 Å². The molecule has 1 aliphatic rings. The number of oxime groups is 1. The first kappa shape index (κ1) is 31.2. The van der Waals surface area contributed by atoms with Crippen molar-refractivity contribution in [2.24, 2.45) is 17.0 Å². The molecule has 0 saturated carbocycles. The van der Waals surface area contributed by atoms with Crippen LogP contribution in [0.25, 0.3) is 5.53 Å². The maximum atomic E-state index is 12.9. The first-order chi connectivity index (χ1) is 18.6. The number of nitrogens with zero attached hydrogens (tertiary/aromatic N) is 4. The van der Waals surface area contributed by atoms with Crippen LogP contribution in [-0.4, -0.2) is 73.5 Å². The lowest BCUT2D eigenvalue weighted by atomic mass is 9.75. The first-order valence-electron chi connectivity index (χ1n) is 11.8. The molecule has 0 unspecified atom stereocenters. The Bertz CT molecular complexity index is 1300. The van der Waals surface area contributed by atoms with Crippen LogP contribution in [0.5, 0.6) is 0 Å². The van der Waals surface area contributed by atoms with Crippen LogP contribution < -0.4 is 10.6 Å². The predicted octanol–water partition coefficient (Wildman–Crippen LogP) is 0.389. The largest absolute Gasteiger partial charge is 0.478 e. The summed E-state index contributed by atoms with van der Waals surface area (Å²) >= 11 is 0. The van der Waals surface area contributed by atoms with Gasteiger partial charge in [0.15, 0.2) is 0 Å². The summed E-state index contributed by atoms with van der Waals surface area (Å²) in [4.78, 5) is 79.0. The van der Waals surface area contributed by atoms with Crippen molar-refractivity contribution in [3.63, 3.8) is 0 Å². The van der Waals surface area contributed by atoms with Gasteiger partial charge in [-0.25, -0.2) is 9.59 Å². The lowest BCUT2D eigenvalue weighted by Gasteiger charge is -2.42. The molecule has 1 aromatic carbocycles. The van der Waals surface area contributed by atoms with E-state index in [2.05, 4.69) is 20.6 Å². The molecule has 1 fully saturated rings. The fourth-order valence-corrected chi connectivity index (χ4v) is 3.56. The Balaban J connectivity index is 2.02. The highest BCUT2D eigenvalue weighted by atomic mass is 16.7. The Hall–Kier alpha value is -4.98. The van der Waals surface area contributed by atoms with Crippen LogP contribution >= 0.6 is 0 Å². The normalized spacial score (nSPS) is 18.1. The highest BCUT2D eigenvalue weighted by Gasteiger charge is 2.50. The summed E-state index contributed by atoms with van der Waals surface area (Å²) in [5.41, 5.74) is 6.70. The molecule has 16 heteroatoms. The van der Waals surface area contributed by atoms with Gasteiger partial charge in [0.2, 0.25) is 11.5 Å². The predicted molar refractivity (Wildman–Crippen MR) is 135 cm³/mol. The molecular weight excluding hydrogens is 532 g/mol. The molecule has 1 aliphatic heterocycles. The quantitative estimate of drug-likeness (QED) is 0.0438. The number of amides is 2. The first-order valence-corrected chi connectivity index (χ1v) is 11.8. The van der Waals surface area contributed by atoms with E-state index in [0.717, 1.165) is 0 Å². The molecule has 40 heavy (non-hydrogen) atoms. The van der Waals surface area contributed by atoms with Gasteiger partial charge in [-0.3, -0.25) is 24.5 Å². The number of Topliss-reactive ketones (excluding diaryl/α,β-unsaturated/α-hetero) is 1. The second-order valence-electron chi connectivity index (χ2n) is 9.51. The summed E-state index contributed by atoms with van der Waals surface area (Å²) in [6.07, 6.45) is 0. The minimum atomic E-state index is -1.68. The van der Waals surface area contributed by atoms with Crippen LogP contribution in [0, 0.1) is 22.0 Å². The van der Waals surface area contributed by atoms with Gasteiger partial charge in [0.25, 0.3) is 17.4 Å². The zero-order valence-electron chi connectivity index (χ0n) is 22.2. The number of nitro groups is 1. The maximum absolute atomic E-state index is 12.9. The number of ether oxygens (including phenoxy) is 1. The Morgan fingerprint density at radius 1 is 1.25 bits per heavy atom. The average Bonchev–Trinajstić information content (AvgIpc) is 2.88. The number of benzene rings is 1. The maximum Gasteiger partial charge on any atom is 0.441 e. The molecule has 2 rings (SSSR count). The Labute approximate surface area is 227 Å². The Kier molecular flexibility index (Phi) is 9.93. The lowest BCUT2D eigenvalue weighted by molar-refractivity contribution is -0.384. The number of aliphatic carboxylic acids is 1. The second-order valence-corrected chi connectivity index (χ2v) is 9.51. The minimum absolute atomic E-state index is 0.169. The molecular formula is C24H28N6O10. The molecule has 1 saturated heterocycles. The second kappa shape index (κ2) is 12.7. The van der Waals surface area contributed by atoms with E-state index in [-0.39, 0.29) is 18.0 Å². The van der Waals surface area contributed by atoms with Crippen LogP contribution in [0.2, 0.25) is 0 Å². The third-order valence-corrected chi connectivity index (χ3v) is 6.15. The molecule has 4 atom stereocenters. The number of hydrogen-bond donors (Lipinski definition) is 3. The number of hydrogen-bond acceptors (Lipinski definition) is 10. The van der Waals surface area contributed by atoms with Crippen molar-refractivity contribution < 1.29 is 48.4 Å². The van der Waals surface area contributed by atoms with E-state index >= 15 is 0 Å². The van der Waals surface area contributed by atoms with E-state index in [1.165, 1.54) is 58.9 Å². The summed E-state index contributed by atoms with van der Waals surface area (Å²) in [6, 6.07) is 3.42. The number of carboxylic acids is 1. The zero-order chi connectivity index (χ0) is 30.4. The molecule has 1 aromatic rings. The molecule has 0 radical (unpaired) electrons. The van der Waals surface area contributed by atoms with Gasteiger partial charge >= 0.3 is 17.7 Å². The van der Waals surface area contributed by atoms with E-state index in [1.54, 1.807) is 0 Å². The van der Waals surface area contributed by atoms with Gasteiger partial charge in [-0.15, -0.1) is 0 Å². The van der Waals surface area contributed by atoms with Crippen LogP contribution in [-0.2, 0) is 40.2 Å². The average molecular weight is 561 g/mol. The molecule has 0 spiro atoms. The number of carbonyl (C=O) groups is 5. The summed E-state index contributed by atoms with van der Waals surface area (Å²) < 4.78 is 4.99. The number of esters is 1. The number of nitrogens with one attached hydrogen (secondary N) is 2. The number of carboxylic acid groups (broad SMARTS) is 1. The molecule has 1 heterocycles. The summed E-state index contributed by atoms with van der Waals surface area (Å²) in [7, 11) is 0. The van der Waals surface area contributed by atoms with E-state index in [9.17, 15) is 39.6 Å². The highest BCUT2D eigenvalue weighted by molar-refractivity contribution is 6.62. The van der Waals surface area contributed by atoms with Crippen molar-refractivity contribution in [2.45, 2.75) is 58.9 Å². The van der Waals surface area contributed by atoms with Crippen LogP contribution in [0.1, 0.15) is 40.2 Å². The fraction of sp³-hybridized carbons (Fsp3) is 0.458. The molecule has 0 aromatic heterocycles. The summed E-state index contributed by atoms with van der Waals surface area (Å²) in [6.45, 7) is 6.28. The molecule has 214 valence electrons. The SMILES string of the molecule is C/C(=N/OC(C)(C)C(=O)O)C(=O)N[C@H](C)[C@H]1C(=O)N[C@@H]1[C@@H](C)C(=O)C(=[N+]=[N-])C(=O)OCc1ccc([N+](=O)[O-])cc1. The zero-order valence-corrected chi connectivity index (χ0v) is 22.2. The smallest absolute Gasteiger partial charge is 0.441 e. The van der Waals surface area contributed by atoms with Gasteiger partial charge in [0.05, 0.1) is 16.9 Å². The van der Waals surface area contributed by atoms with Gasteiger partial charge in [0, 0.05) is 24.1 Å². The molecule has 2 amide bonds. The fourth-order valence-electron chi connectivity index (χ4n) is 3.56. The number of carbonyl (C=O) groups excluding carboxylic acids is 4. The Morgan fingerprint density at radius 2 is 1.85 bits per heavy atom. The number of rotatable bonds is 13. The minimum Gasteiger partial charge on any atom is -0.478 e. The van der Waals surface area contributed by atoms with Gasteiger partial charge < -0.3 is 30.8 Å². The van der Waals surface area contributed by atoms with Crippen molar-refractivity contribution in [1.29, 1.82) is 0 Å². The van der Waals surface area contributed by atoms with Crippen molar-refractivity contribution in [1.82, 2.24) is 10.6 Å². The summed E-state index contributed by atoms with van der Waals surface area (Å²) in [5.74, 6) is -6.72. The Morgan fingerprint density at radius 3 is 2.35 bits per heavy atom. The third-order valence-electron chi connectivity index (χ3n) is 6.15. The van der Waals surface area contributed by atoms with Crippen molar-refractivity contribution in [3.05, 3.63) is 45.5 Å². The number of β-lactam (4-membered cyclic amide) rings is 1. The summed E-state index contributed by atoms with van der Waals surface area (Å²) in [5, 5.41) is 28.4. The van der Waals surface area contributed by atoms with Crippen LogP contribution in [0.3, 0.4) is 0 Å². The van der Waals surface area contributed by atoms with Gasteiger partial charge in [-0.05, 0) is 45.4 Å². The van der Waals surface area contributed by atoms with E-state index in [4.69, 9.17) is 14.7 Å². The van der Waals surface area contributed by atoms with Gasteiger partial charge in [-0.1, -0.05) is 12.1 Å². The number of non-ortho nitro benzene ring substituents is 1. The standard InChI is InChI=1S/C24H28N6O10/c1-11(19(31)18(28-25)22(34)39-10-14-6-8-15(9-7-14)30(37)38)17-16(21(33)27-17)12(2)26-20(32)13(3)29-40-24(4,5)23(35)36/h6-9,11-12,16-17H,10H2,1-5H3,(H,26,32)(H,27,33)(H,35,36)/b29-13-/t11-,12-,16-,17-/m1/s1. The monoisotopic (exact) mass is 560 g/mol. The highest BCUT2D eigenvalue weighted by Crippen LogP contribution is 2.26. The third kappa shape index (κ3) is 7.32. The molecule has 16 nitrogen and oxygen atoms in total. The van der Waals surface area contributed by atoms with E-state index in [0.29, 0.717) is 5.56 Å². The number of nitro benzene ring substituents is 1. The molecule has 3 N–H and O–H groups in total. The van der Waals surface area contributed by atoms with Gasteiger partial charge in [-0.2, -0.15) is 4.79 Å². The van der Waals surface area contributed by atoms with Crippen molar-refractivity contribution in [2.75, 3.05) is 0 Å². The van der Waals surface area contributed by atoms with Crippen LogP contribution in [0.15, 0.2) is 29.4 Å². The van der Waals surface area contributed by atoms with E-state index < -0.39 is 69.7 Å². The molecule has 0 aliphatic carbocycles. The van der Waals surface area contributed by atoms with Gasteiger partial charge in [0.1, 0.15) is 12.3 Å². The number of ketones is 1. The van der Waals surface area contributed by atoms with Crippen molar-refractivity contribution >= 4 is 46.6 Å². The van der Waals surface area contributed by atoms with Crippen molar-refractivity contribution in [3.8, 4) is 0 Å².